The molecule has 0 fully saturated rings. The van der Waals surface area contributed by atoms with Crippen LogP contribution in [0.2, 0.25) is 0 Å². The predicted octanol–water partition coefficient (Wildman–Crippen LogP) is -10.1. The fraction of sp³-hybridized carbons (Fsp3) is 0.500. The molecule has 0 aromatic rings. The molecule has 0 saturated heterocycles. The quantitative estimate of drug-likeness (QED) is 0.371. The molecule has 0 aromatic heterocycles. The van der Waals surface area contributed by atoms with E-state index in [4.69, 9.17) is 20.4 Å². The first-order chi connectivity index (χ1) is 5.78. The molecule has 0 atom stereocenters. The van der Waals surface area contributed by atoms with E-state index in [9.17, 15) is 14.4 Å². The maximum absolute atomic E-state index is 10.3. The topological polar surface area (TPSA) is 132 Å². The van der Waals surface area contributed by atoms with Gasteiger partial charge in [-0.15, -0.1) is 0 Å². The standard InChI is InChI=1S/C6H8O7.Ca.3Na.5H/c7-3(8)1-6(13,5(11)12)2-4(9)10;;;;;;;;;/h13H,1-2H2,(H,7,8)(H,9,10)(H,11,12);;;;;;;;;/q;+2;3*+1;5*-1. The molecule has 0 saturated carbocycles. The van der Waals surface area contributed by atoms with E-state index >= 15 is 0 Å². The van der Waals surface area contributed by atoms with E-state index < -0.39 is 36.4 Å². The Morgan fingerprint density at radius 1 is 0.882 bits per heavy atom. The Bertz CT molecular complexity index is 261. The van der Waals surface area contributed by atoms with Gasteiger partial charge in [-0.05, 0) is 0 Å². The number of carboxylic acids is 3. The van der Waals surface area contributed by atoms with Crippen molar-refractivity contribution in [1.82, 2.24) is 0 Å². The van der Waals surface area contributed by atoms with Crippen molar-refractivity contribution in [2.24, 2.45) is 0 Å². The minimum absolute atomic E-state index is 0. The van der Waals surface area contributed by atoms with Crippen LogP contribution in [0.15, 0.2) is 0 Å². The zero-order valence-electron chi connectivity index (χ0n) is 15.1. The van der Waals surface area contributed by atoms with E-state index in [1.165, 1.54) is 0 Å². The Balaban J connectivity index is -0.0000000200. The van der Waals surface area contributed by atoms with Crippen LogP contribution in [0.25, 0.3) is 0 Å². The third-order valence-electron chi connectivity index (χ3n) is 1.29. The Labute approximate surface area is 201 Å². The first-order valence-corrected chi connectivity index (χ1v) is 3.17. The Kier molecular flexibility index (Phi) is 28.1. The number of rotatable bonds is 5. The zero-order chi connectivity index (χ0) is 10.6. The Morgan fingerprint density at radius 2 is 1.12 bits per heavy atom. The molecule has 4 N–H and O–H groups in total. The first kappa shape index (κ1) is 31.8. The van der Waals surface area contributed by atoms with Gasteiger partial charge in [0.2, 0.25) is 0 Å². The van der Waals surface area contributed by atoms with E-state index in [1.54, 1.807) is 0 Å². The van der Waals surface area contributed by atoms with E-state index in [0.717, 1.165) is 0 Å². The molecular weight excluding hydrogens is 293 g/mol. The second kappa shape index (κ2) is 15.0. The molecule has 0 aliphatic heterocycles. The normalized spacial score (nSPS) is 8.29. The van der Waals surface area contributed by atoms with Gasteiger partial charge in [0.1, 0.15) is 0 Å². The number of aliphatic hydroxyl groups is 1. The maximum Gasteiger partial charge on any atom is 2.00 e. The van der Waals surface area contributed by atoms with Crippen LogP contribution in [0.5, 0.6) is 0 Å². The van der Waals surface area contributed by atoms with Gasteiger partial charge in [-0.1, -0.05) is 0 Å². The fourth-order valence-corrected chi connectivity index (χ4v) is 0.714. The Morgan fingerprint density at radius 3 is 1.24 bits per heavy atom. The van der Waals surface area contributed by atoms with Crippen LogP contribution in [0, 0.1) is 0 Å². The van der Waals surface area contributed by atoms with Crippen LogP contribution in [0.3, 0.4) is 0 Å². The smallest absolute Gasteiger partial charge is 1.00 e. The third-order valence-corrected chi connectivity index (χ3v) is 1.29. The summed E-state index contributed by atoms with van der Waals surface area (Å²) in [6, 6.07) is 0. The Hall–Kier alpha value is 2.63. The van der Waals surface area contributed by atoms with Gasteiger partial charge in [0.05, 0.1) is 12.8 Å². The van der Waals surface area contributed by atoms with Gasteiger partial charge >= 0.3 is 144 Å². The molecule has 17 heavy (non-hydrogen) atoms. The summed E-state index contributed by atoms with van der Waals surface area (Å²) >= 11 is 0. The van der Waals surface area contributed by atoms with Gasteiger partial charge in [0.25, 0.3) is 0 Å². The van der Waals surface area contributed by atoms with Crippen molar-refractivity contribution in [2.45, 2.75) is 18.4 Å². The molecule has 0 unspecified atom stereocenters. The number of carboxylic acid groups (broad SMARTS) is 3. The van der Waals surface area contributed by atoms with Gasteiger partial charge in [-0.25, -0.2) is 4.79 Å². The number of aliphatic carboxylic acids is 3. The van der Waals surface area contributed by atoms with Crippen LogP contribution in [0.1, 0.15) is 20.0 Å². The molecule has 11 heteroatoms. The summed E-state index contributed by atoms with van der Waals surface area (Å²) < 4.78 is 0. The average Bonchev–Trinajstić information content (AvgIpc) is 1.82. The number of carbonyl (C=O) groups is 3. The van der Waals surface area contributed by atoms with Crippen molar-refractivity contribution in [1.29, 1.82) is 0 Å². The summed E-state index contributed by atoms with van der Waals surface area (Å²) in [5.41, 5.74) is -2.74. The first-order valence-electron chi connectivity index (χ1n) is 3.17. The van der Waals surface area contributed by atoms with Gasteiger partial charge < -0.3 is 27.6 Å². The minimum atomic E-state index is -2.74. The van der Waals surface area contributed by atoms with Crippen molar-refractivity contribution in [2.75, 3.05) is 0 Å². The molecule has 0 bridgehead atoms. The SMILES string of the molecule is O=C(O)CC(O)(CC(=O)O)C(=O)O.[Ca+2].[H-].[H-].[H-].[H-].[H-].[Na+].[Na+].[Na+]. The molecule has 84 valence electrons. The van der Waals surface area contributed by atoms with E-state index in [-0.39, 0.29) is 134 Å². The maximum atomic E-state index is 10.3. The van der Waals surface area contributed by atoms with Crippen molar-refractivity contribution in [3.8, 4) is 0 Å². The molecule has 0 aromatic carbocycles. The molecular formula is C6H13CaNa3O7. The van der Waals surface area contributed by atoms with Crippen LogP contribution in [-0.2, 0) is 14.4 Å². The number of hydrogen-bond donors (Lipinski definition) is 4. The second-order valence-corrected chi connectivity index (χ2v) is 2.48. The molecule has 0 heterocycles. The van der Waals surface area contributed by atoms with Crippen LogP contribution in [0.4, 0.5) is 0 Å². The van der Waals surface area contributed by atoms with Gasteiger partial charge in [-0.2, -0.15) is 0 Å². The van der Waals surface area contributed by atoms with Crippen molar-refractivity contribution < 1.29 is 131 Å². The van der Waals surface area contributed by atoms with Crippen molar-refractivity contribution in [3.05, 3.63) is 0 Å². The number of hydrogen-bond acceptors (Lipinski definition) is 4. The minimum Gasteiger partial charge on any atom is -1.00 e. The zero-order valence-corrected chi connectivity index (χ0v) is 18.3. The summed E-state index contributed by atoms with van der Waals surface area (Å²) in [5, 5.41) is 33.8. The van der Waals surface area contributed by atoms with Gasteiger partial charge in [0, 0.05) is 0 Å². The molecule has 0 amide bonds. The largest absolute Gasteiger partial charge is 2.00 e. The summed E-state index contributed by atoms with van der Waals surface area (Å²) in [7, 11) is 0. The molecule has 0 radical (unpaired) electrons. The second-order valence-electron chi connectivity index (χ2n) is 2.48. The van der Waals surface area contributed by atoms with E-state index in [0.29, 0.717) is 0 Å². The van der Waals surface area contributed by atoms with Crippen molar-refractivity contribution in [3.63, 3.8) is 0 Å². The third kappa shape index (κ3) is 14.8. The predicted molar refractivity (Wildman–Crippen MR) is 48.4 cm³/mol. The molecule has 0 aliphatic carbocycles. The van der Waals surface area contributed by atoms with E-state index in [2.05, 4.69) is 0 Å². The summed E-state index contributed by atoms with van der Waals surface area (Å²) in [6.45, 7) is 0. The van der Waals surface area contributed by atoms with Crippen LogP contribution < -0.4 is 88.7 Å². The van der Waals surface area contributed by atoms with Gasteiger partial charge in [0.15, 0.2) is 5.60 Å². The van der Waals surface area contributed by atoms with E-state index in [1.807, 2.05) is 0 Å². The monoisotopic (exact) mass is 306 g/mol. The molecule has 0 spiro atoms. The fourth-order valence-electron chi connectivity index (χ4n) is 0.714. The molecule has 0 aliphatic rings. The molecule has 0 rings (SSSR count). The summed E-state index contributed by atoms with van der Waals surface area (Å²) in [5.74, 6) is -5.02. The summed E-state index contributed by atoms with van der Waals surface area (Å²) in [4.78, 5) is 30.5. The van der Waals surface area contributed by atoms with Gasteiger partial charge in [-0.3, -0.25) is 9.59 Å². The van der Waals surface area contributed by atoms with Crippen LogP contribution in [-0.4, -0.2) is 81.7 Å². The van der Waals surface area contributed by atoms with Crippen molar-refractivity contribution >= 4 is 55.6 Å². The average molecular weight is 306 g/mol. The molecule has 7 nitrogen and oxygen atoms in total. The summed E-state index contributed by atoms with van der Waals surface area (Å²) in [6.07, 6.45) is -2.29. The van der Waals surface area contributed by atoms with Crippen LogP contribution >= 0.6 is 0 Å².